The van der Waals surface area contributed by atoms with E-state index in [1.54, 1.807) is 0 Å². The van der Waals surface area contributed by atoms with E-state index in [4.69, 9.17) is 25.3 Å². The Balaban J connectivity index is 0.000000245. The summed E-state index contributed by atoms with van der Waals surface area (Å²) >= 11 is 9.62. The predicted octanol–water partition coefficient (Wildman–Crippen LogP) is 3.18. The van der Waals surface area contributed by atoms with Crippen LogP contribution in [0.4, 0.5) is 0 Å². The average molecular weight is 391 g/mol. The number of hydrogen-bond donors (Lipinski definition) is 0. The van der Waals surface area contributed by atoms with E-state index in [0.29, 0.717) is 0 Å². The molecule has 0 N–H and O–H groups in total. The average Bonchev–Trinajstić information content (AvgIpc) is 2.21. The van der Waals surface area contributed by atoms with Crippen LogP contribution in [0.2, 0.25) is 0 Å². The van der Waals surface area contributed by atoms with Crippen LogP contribution in [0.5, 0.6) is 0 Å². The number of rotatable bonds is 0. The molecule has 2 rings (SSSR count). The van der Waals surface area contributed by atoms with Gasteiger partial charge in [-0.15, -0.1) is 0 Å². The summed E-state index contributed by atoms with van der Waals surface area (Å²) in [7, 11) is 0. The van der Waals surface area contributed by atoms with Crippen LogP contribution in [0, 0.1) is 46.9 Å². The Hall–Kier alpha value is 0.399. The molecular formula is C12H10S2Yb. The summed E-state index contributed by atoms with van der Waals surface area (Å²) in [5.41, 5.74) is 0. The molecule has 0 amide bonds. The Kier molecular flexibility index (Phi) is 9.87. The third-order valence-electron chi connectivity index (χ3n) is 1.49. The molecule has 2 aromatic rings. The zero-order valence-electron chi connectivity index (χ0n) is 7.86. The van der Waals surface area contributed by atoms with E-state index in [1.807, 2.05) is 60.7 Å². The third-order valence-corrected chi connectivity index (χ3v) is 2.03. The monoisotopic (exact) mass is 392 g/mol. The first kappa shape index (κ1) is 15.4. The maximum atomic E-state index is 4.81. The molecular weight excluding hydrogens is 381 g/mol. The van der Waals surface area contributed by atoms with Gasteiger partial charge in [0.25, 0.3) is 0 Å². The van der Waals surface area contributed by atoms with Crippen molar-refractivity contribution in [2.75, 3.05) is 0 Å². The van der Waals surface area contributed by atoms with Gasteiger partial charge in [0.15, 0.2) is 0 Å². The molecule has 0 heterocycles. The van der Waals surface area contributed by atoms with E-state index in [0.717, 1.165) is 9.79 Å². The second kappa shape index (κ2) is 9.61. The summed E-state index contributed by atoms with van der Waals surface area (Å²) in [4.78, 5) is 1.81. The van der Waals surface area contributed by atoms with Gasteiger partial charge in [-0.25, -0.2) is 0 Å². The second-order valence-electron chi connectivity index (χ2n) is 2.63. The van der Waals surface area contributed by atoms with Gasteiger partial charge in [-0.05, 0) is 0 Å². The Labute approximate surface area is 141 Å². The Morgan fingerprint density at radius 1 is 0.533 bits per heavy atom. The number of hydrogen-bond acceptors (Lipinski definition) is 2. The van der Waals surface area contributed by atoms with Crippen LogP contribution >= 0.6 is 0 Å². The maximum absolute atomic E-state index is 4.81. The van der Waals surface area contributed by atoms with Gasteiger partial charge in [0.05, 0.1) is 0 Å². The minimum atomic E-state index is 0. The first-order valence-corrected chi connectivity index (χ1v) is 5.05. The molecule has 0 aliphatic carbocycles. The summed E-state index contributed by atoms with van der Waals surface area (Å²) in [6.45, 7) is 0. The van der Waals surface area contributed by atoms with Crippen molar-refractivity contribution < 1.29 is 46.9 Å². The molecule has 0 unspecified atom stereocenters. The molecule has 84 valence electrons. The van der Waals surface area contributed by atoms with Crippen molar-refractivity contribution in [3.8, 4) is 0 Å². The van der Waals surface area contributed by atoms with Gasteiger partial charge in [0, 0.05) is 0 Å². The van der Waals surface area contributed by atoms with Crippen molar-refractivity contribution in [3.63, 3.8) is 0 Å². The Bertz CT molecular complexity index is 311. The molecule has 0 aromatic heterocycles. The van der Waals surface area contributed by atoms with Gasteiger partial charge < -0.3 is 25.3 Å². The molecule has 15 heavy (non-hydrogen) atoms. The molecule has 0 atom stereocenters. The normalized spacial score (nSPS) is 8.00. The van der Waals surface area contributed by atoms with E-state index < -0.39 is 0 Å². The van der Waals surface area contributed by atoms with Crippen LogP contribution < -0.4 is 0 Å². The molecule has 0 bridgehead atoms. The molecule has 0 fully saturated rings. The van der Waals surface area contributed by atoms with Crippen LogP contribution in [0.15, 0.2) is 70.5 Å². The largest absolute Gasteiger partial charge is 2.00 e. The van der Waals surface area contributed by atoms with Crippen LogP contribution in [0.3, 0.4) is 0 Å². The molecule has 0 spiro atoms. The zero-order valence-corrected chi connectivity index (χ0v) is 11.2. The van der Waals surface area contributed by atoms with Crippen molar-refractivity contribution >= 4 is 25.3 Å². The van der Waals surface area contributed by atoms with E-state index >= 15 is 0 Å². The molecule has 3 heteroatoms. The van der Waals surface area contributed by atoms with Gasteiger partial charge in [-0.1, -0.05) is 60.7 Å². The van der Waals surface area contributed by atoms with Gasteiger partial charge in [0.1, 0.15) is 0 Å². The summed E-state index contributed by atoms with van der Waals surface area (Å²) in [6, 6.07) is 19.2. The topological polar surface area (TPSA) is 0 Å². The molecule has 0 aliphatic heterocycles. The van der Waals surface area contributed by atoms with Crippen molar-refractivity contribution in [1.29, 1.82) is 0 Å². The van der Waals surface area contributed by atoms with Crippen LogP contribution in [0.1, 0.15) is 0 Å². The van der Waals surface area contributed by atoms with Gasteiger partial charge in [0.2, 0.25) is 0 Å². The smallest absolute Gasteiger partial charge is 0.780 e. The first-order valence-electron chi connectivity index (χ1n) is 4.23. The standard InChI is InChI=1S/2C6H6S.Yb/c2*7-6-4-2-1-3-5-6;/h2*1-5,7H;/q;;+2/p-2. The Morgan fingerprint density at radius 2 is 0.800 bits per heavy atom. The molecule has 0 saturated heterocycles. The van der Waals surface area contributed by atoms with Crippen LogP contribution in [-0.2, 0) is 25.3 Å². The summed E-state index contributed by atoms with van der Waals surface area (Å²) in [6.07, 6.45) is 0. The maximum Gasteiger partial charge on any atom is 2.00 e. The molecule has 2 aromatic carbocycles. The summed E-state index contributed by atoms with van der Waals surface area (Å²) < 4.78 is 0. The van der Waals surface area contributed by atoms with Crippen molar-refractivity contribution in [2.45, 2.75) is 9.79 Å². The zero-order chi connectivity index (χ0) is 10.2. The van der Waals surface area contributed by atoms with E-state index in [-0.39, 0.29) is 46.9 Å². The van der Waals surface area contributed by atoms with E-state index in [2.05, 4.69) is 0 Å². The van der Waals surface area contributed by atoms with Crippen molar-refractivity contribution in [3.05, 3.63) is 60.7 Å². The first-order chi connectivity index (χ1) is 6.79. The minimum absolute atomic E-state index is 0. The molecule has 0 nitrogen and oxygen atoms in total. The van der Waals surface area contributed by atoms with Gasteiger partial charge in [-0.2, -0.15) is 9.79 Å². The molecule has 0 radical (unpaired) electrons. The SMILES string of the molecule is [S-]c1ccccc1.[S-]c1ccccc1.[Yb+2]. The van der Waals surface area contributed by atoms with E-state index in [1.165, 1.54) is 0 Å². The summed E-state index contributed by atoms with van der Waals surface area (Å²) in [5.74, 6) is 0. The van der Waals surface area contributed by atoms with Crippen molar-refractivity contribution in [1.82, 2.24) is 0 Å². The van der Waals surface area contributed by atoms with Gasteiger partial charge in [-0.3, -0.25) is 0 Å². The van der Waals surface area contributed by atoms with Crippen molar-refractivity contribution in [2.24, 2.45) is 0 Å². The fourth-order valence-corrected chi connectivity index (χ4v) is 1.16. The van der Waals surface area contributed by atoms with E-state index in [9.17, 15) is 0 Å². The fraction of sp³-hybridized carbons (Fsp3) is 0. The quantitative estimate of drug-likeness (QED) is 0.633. The molecule has 0 aliphatic rings. The second-order valence-corrected chi connectivity index (χ2v) is 3.57. The predicted molar refractivity (Wildman–Crippen MR) is 64.1 cm³/mol. The number of benzene rings is 2. The Morgan fingerprint density at radius 3 is 0.933 bits per heavy atom. The minimum Gasteiger partial charge on any atom is -0.780 e. The fourth-order valence-electron chi connectivity index (χ4n) is 0.841. The summed E-state index contributed by atoms with van der Waals surface area (Å²) in [5, 5.41) is 0. The third kappa shape index (κ3) is 8.23. The van der Waals surface area contributed by atoms with Gasteiger partial charge >= 0.3 is 46.9 Å². The van der Waals surface area contributed by atoms with Crippen LogP contribution in [-0.4, -0.2) is 0 Å². The molecule has 0 saturated carbocycles. The van der Waals surface area contributed by atoms with Crippen LogP contribution in [0.25, 0.3) is 0 Å².